The van der Waals surface area contributed by atoms with E-state index in [0.717, 1.165) is 29.9 Å². The van der Waals surface area contributed by atoms with Crippen molar-refractivity contribution in [1.82, 2.24) is 4.57 Å². The van der Waals surface area contributed by atoms with Gasteiger partial charge in [0.05, 0.1) is 11.0 Å². The summed E-state index contributed by atoms with van der Waals surface area (Å²) in [6, 6.07) is 57.7. The summed E-state index contributed by atoms with van der Waals surface area (Å²) in [7, 11) is 2.37. The second kappa shape index (κ2) is 13.0. The Bertz CT molecular complexity index is 2740. The SMILES string of the molecule is Cc1ccccc1Nc1ccc2c(c1-c1cc(-c3ccccc3)cc3c1[B]/C=C\C=C1/CC3Cc3ccccc31)c1ccccc1n2-c1ccccc1. The van der Waals surface area contributed by atoms with Crippen LogP contribution in [0, 0.1) is 6.92 Å². The van der Waals surface area contributed by atoms with E-state index in [4.69, 9.17) is 0 Å². The molecule has 0 saturated heterocycles. The van der Waals surface area contributed by atoms with Crippen LogP contribution in [0.5, 0.6) is 0 Å². The van der Waals surface area contributed by atoms with Gasteiger partial charge in [-0.1, -0.05) is 133 Å². The number of nitrogens with one attached hydrogen (secondary N) is 1. The van der Waals surface area contributed by atoms with Crippen molar-refractivity contribution in [3.63, 3.8) is 0 Å². The third-order valence-electron chi connectivity index (χ3n) is 11.3. The van der Waals surface area contributed by atoms with Crippen molar-refractivity contribution >= 4 is 51.5 Å². The maximum Gasteiger partial charge on any atom is 0.182 e. The van der Waals surface area contributed by atoms with Gasteiger partial charge in [0, 0.05) is 33.4 Å². The average Bonchev–Trinajstić information content (AvgIpc) is 3.57. The van der Waals surface area contributed by atoms with Gasteiger partial charge in [0.2, 0.25) is 0 Å². The molecule has 2 heterocycles. The zero-order valence-corrected chi connectivity index (χ0v) is 29.8. The van der Waals surface area contributed by atoms with Crippen LogP contribution in [0.4, 0.5) is 11.4 Å². The predicted octanol–water partition coefficient (Wildman–Crippen LogP) is 12.1. The third-order valence-corrected chi connectivity index (χ3v) is 11.3. The van der Waals surface area contributed by atoms with Crippen molar-refractivity contribution in [2.75, 3.05) is 5.32 Å². The van der Waals surface area contributed by atoms with E-state index in [1.54, 1.807) is 0 Å². The molecule has 2 nitrogen and oxygen atoms in total. The van der Waals surface area contributed by atoms with Gasteiger partial charge in [0.25, 0.3) is 0 Å². The standard InChI is InChI=1S/C50H38BN2/c1-33-15-8-12-24-44(33)52-45-26-27-47-49(41-23-11-13-25-46(41)53(47)39-20-6-3-7-21-39)48(45)43-32-37(34-16-4-2-5-17-34)31-42-38-29-35-18-9-10-22-40(35)36(30-38)19-14-28-51-50(42)43/h2-28,31-32,38,52H,29-30H2,1H3/b28-14-,36-19+. The Morgan fingerprint density at radius 3 is 2.25 bits per heavy atom. The summed E-state index contributed by atoms with van der Waals surface area (Å²) in [6.07, 6.45) is 6.60. The molecule has 1 aliphatic carbocycles. The lowest BCUT2D eigenvalue weighted by atomic mass is 9.61. The summed E-state index contributed by atoms with van der Waals surface area (Å²) in [5.74, 6) is 2.59. The van der Waals surface area contributed by atoms with Crippen LogP contribution in [0.3, 0.4) is 0 Å². The minimum Gasteiger partial charge on any atom is -0.355 e. The molecule has 0 fully saturated rings. The van der Waals surface area contributed by atoms with E-state index in [-0.39, 0.29) is 0 Å². The number of para-hydroxylation sites is 3. The summed E-state index contributed by atoms with van der Waals surface area (Å²) in [5.41, 5.74) is 18.8. The Morgan fingerprint density at radius 1 is 0.623 bits per heavy atom. The number of fused-ring (bicyclic) bond motifs is 9. The highest BCUT2D eigenvalue weighted by Gasteiger charge is 2.29. The first-order chi connectivity index (χ1) is 26.2. The molecule has 0 saturated carbocycles. The molecule has 251 valence electrons. The van der Waals surface area contributed by atoms with Crippen LogP contribution in [0.25, 0.3) is 55.3 Å². The first kappa shape index (κ1) is 31.4. The number of hydrogen-bond acceptors (Lipinski definition) is 1. The van der Waals surface area contributed by atoms with Gasteiger partial charge < -0.3 is 9.88 Å². The van der Waals surface area contributed by atoms with Crippen LogP contribution in [-0.4, -0.2) is 11.8 Å². The first-order valence-corrected chi connectivity index (χ1v) is 18.7. The molecule has 10 rings (SSSR count). The smallest absolute Gasteiger partial charge is 0.182 e. The molecule has 53 heavy (non-hydrogen) atoms. The number of aromatic nitrogens is 1. The zero-order valence-electron chi connectivity index (χ0n) is 29.8. The molecular formula is C50H38BN2. The van der Waals surface area contributed by atoms with Crippen LogP contribution >= 0.6 is 0 Å². The fourth-order valence-electron chi connectivity index (χ4n) is 8.79. The highest BCUT2D eigenvalue weighted by atomic mass is 15.0. The normalized spacial score (nSPS) is 16.3. The van der Waals surface area contributed by atoms with Crippen molar-refractivity contribution < 1.29 is 0 Å². The van der Waals surface area contributed by atoms with Gasteiger partial charge in [-0.15, -0.1) is 5.98 Å². The molecule has 0 spiro atoms. The van der Waals surface area contributed by atoms with Gasteiger partial charge in [0.15, 0.2) is 7.28 Å². The Morgan fingerprint density at radius 2 is 1.38 bits per heavy atom. The number of aryl methyl sites for hydroxylation is 1. The van der Waals surface area contributed by atoms with Gasteiger partial charge in [0.1, 0.15) is 0 Å². The van der Waals surface area contributed by atoms with Gasteiger partial charge in [-0.2, -0.15) is 0 Å². The Hall–Kier alpha value is -6.32. The highest BCUT2D eigenvalue weighted by molar-refractivity contribution is 6.61. The van der Waals surface area contributed by atoms with E-state index in [2.05, 4.69) is 200 Å². The lowest BCUT2D eigenvalue weighted by molar-refractivity contribution is 0.688. The molecule has 1 atom stereocenters. The van der Waals surface area contributed by atoms with E-state index >= 15 is 0 Å². The quantitative estimate of drug-likeness (QED) is 0.179. The van der Waals surface area contributed by atoms with Crippen LogP contribution in [-0.2, 0) is 6.42 Å². The Balaban J connectivity index is 1.32. The Labute approximate surface area is 312 Å². The molecule has 1 N–H and O–H groups in total. The molecule has 1 aromatic heterocycles. The number of anilines is 2. The average molecular weight is 678 g/mol. The largest absolute Gasteiger partial charge is 0.355 e. The predicted molar refractivity (Wildman–Crippen MR) is 226 cm³/mol. The van der Waals surface area contributed by atoms with E-state index in [9.17, 15) is 0 Å². The van der Waals surface area contributed by atoms with Crippen LogP contribution < -0.4 is 10.8 Å². The van der Waals surface area contributed by atoms with Crippen LogP contribution in [0.15, 0.2) is 176 Å². The highest BCUT2D eigenvalue weighted by Crippen LogP contribution is 2.46. The maximum absolute atomic E-state index is 3.96. The number of allylic oxidation sites excluding steroid dienone is 3. The Kier molecular flexibility index (Phi) is 7.72. The van der Waals surface area contributed by atoms with Crippen molar-refractivity contribution in [2.24, 2.45) is 0 Å². The molecule has 2 aliphatic rings. The molecule has 2 bridgehead atoms. The lowest BCUT2D eigenvalue weighted by Crippen LogP contribution is -2.26. The third kappa shape index (κ3) is 5.43. The second-order valence-corrected chi connectivity index (χ2v) is 14.4. The minimum atomic E-state index is 0.336. The number of rotatable bonds is 5. The van der Waals surface area contributed by atoms with Crippen molar-refractivity contribution in [3.8, 4) is 27.9 Å². The summed E-state index contributed by atoms with van der Waals surface area (Å²) >= 11 is 0. The fourth-order valence-corrected chi connectivity index (χ4v) is 8.79. The first-order valence-electron chi connectivity index (χ1n) is 18.7. The van der Waals surface area contributed by atoms with Crippen molar-refractivity contribution in [3.05, 3.63) is 198 Å². The zero-order chi connectivity index (χ0) is 35.3. The van der Waals surface area contributed by atoms with E-state index in [1.165, 1.54) is 77.3 Å². The molecule has 0 amide bonds. The molecule has 8 aromatic rings. The topological polar surface area (TPSA) is 17.0 Å². The molecule has 1 unspecified atom stereocenters. The van der Waals surface area contributed by atoms with Gasteiger partial charge in [-0.05, 0) is 113 Å². The summed E-state index contributed by atoms with van der Waals surface area (Å²) < 4.78 is 2.43. The van der Waals surface area contributed by atoms with Crippen molar-refractivity contribution in [1.29, 1.82) is 0 Å². The molecule has 3 heteroatoms. The fraction of sp³-hybridized carbons (Fsp3) is 0.0800. The van der Waals surface area contributed by atoms with Gasteiger partial charge >= 0.3 is 0 Å². The summed E-state index contributed by atoms with van der Waals surface area (Å²) in [6.45, 7) is 2.18. The van der Waals surface area contributed by atoms with Gasteiger partial charge in [-0.25, -0.2) is 0 Å². The number of hydrogen-bond donors (Lipinski definition) is 1. The molecule has 1 radical (unpaired) electrons. The maximum atomic E-state index is 3.96. The monoisotopic (exact) mass is 677 g/mol. The number of nitrogens with zero attached hydrogens (tertiary/aromatic N) is 1. The number of benzene rings is 7. The molecule has 7 aromatic carbocycles. The second-order valence-electron chi connectivity index (χ2n) is 14.4. The summed E-state index contributed by atoms with van der Waals surface area (Å²) in [4.78, 5) is 0. The van der Waals surface area contributed by atoms with Crippen LogP contribution in [0.1, 0.15) is 34.6 Å². The van der Waals surface area contributed by atoms with E-state index in [0.29, 0.717) is 5.92 Å². The van der Waals surface area contributed by atoms with Crippen molar-refractivity contribution in [2.45, 2.75) is 25.7 Å². The minimum absolute atomic E-state index is 0.336. The van der Waals surface area contributed by atoms with E-state index in [1.807, 2.05) is 0 Å². The van der Waals surface area contributed by atoms with E-state index < -0.39 is 0 Å². The molecular weight excluding hydrogens is 639 g/mol. The van der Waals surface area contributed by atoms with Gasteiger partial charge in [-0.3, -0.25) is 0 Å². The summed E-state index contributed by atoms with van der Waals surface area (Å²) in [5, 5.41) is 6.45. The van der Waals surface area contributed by atoms with Crippen LogP contribution in [0.2, 0.25) is 0 Å². The lowest BCUT2D eigenvalue weighted by Gasteiger charge is -2.30. The molecule has 1 aliphatic heterocycles.